The second-order valence-electron chi connectivity index (χ2n) is 7.25. The summed E-state index contributed by atoms with van der Waals surface area (Å²) in [6.07, 6.45) is 4.22. The van der Waals surface area contributed by atoms with Gasteiger partial charge in [0.25, 0.3) is 0 Å². The summed E-state index contributed by atoms with van der Waals surface area (Å²) in [4.78, 5) is 10.8. The summed E-state index contributed by atoms with van der Waals surface area (Å²) in [5.74, 6) is 1.25. The van der Waals surface area contributed by atoms with Crippen LogP contribution in [0.25, 0.3) is 10.8 Å². The van der Waals surface area contributed by atoms with Gasteiger partial charge in [-0.25, -0.2) is 0 Å². The van der Waals surface area contributed by atoms with Crippen molar-refractivity contribution >= 4 is 17.1 Å². The fourth-order valence-corrected chi connectivity index (χ4v) is 3.43. The number of aliphatic hydroxyl groups is 1. The van der Waals surface area contributed by atoms with Crippen LogP contribution in [-0.4, -0.2) is 36.3 Å². The van der Waals surface area contributed by atoms with E-state index < -0.39 is 0 Å². The van der Waals surface area contributed by atoms with Gasteiger partial charge in [-0.1, -0.05) is 47.6 Å². The van der Waals surface area contributed by atoms with Crippen molar-refractivity contribution in [3.8, 4) is 0 Å². The maximum Gasteiger partial charge on any atom is 0.172 e. The largest absolute Gasteiger partial charge is 0.391 e. The van der Waals surface area contributed by atoms with E-state index in [0.29, 0.717) is 29.9 Å². The van der Waals surface area contributed by atoms with Crippen LogP contribution in [0, 0.1) is 5.92 Å². The molecule has 29 heavy (non-hydrogen) atoms. The Morgan fingerprint density at radius 1 is 1.17 bits per heavy atom. The molecule has 1 fully saturated rings. The molecule has 2 aromatic carbocycles. The van der Waals surface area contributed by atoms with E-state index in [9.17, 15) is 9.90 Å². The lowest BCUT2D eigenvalue weighted by Crippen LogP contribution is -2.13. The Balaban J connectivity index is 0.000000290. The molecule has 6 nitrogen and oxygen atoms in total. The number of nitrogens with two attached hydrogens (primary N) is 1. The van der Waals surface area contributed by atoms with Crippen molar-refractivity contribution < 1.29 is 19.2 Å². The first kappa shape index (κ1) is 21.2. The van der Waals surface area contributed by atoms with Crippen LogP contribution in [-0.2, 0) is 24.2 Å². The van der Waals surface area contributed by atoms with Crippen molar-refractivity contribution in [1.29, 1.82) is 0 Å². The number of carbonyl (C=O) groups excluding carboxylic acids is 1. The van der Waals surface area contributed by atoms with Crippen LogP contribution < -0.4 is 5.73 Å². The number of ether oxygens (including phenoxy) is 1. The molecule has 1 aliphatic rings. The number of aliphatic hydroxyl groups excluding tert-OH is 1. The van der Waals surface area contributed by atoms with Gasteiger partial charge < -0.3 is 20.1 Å². The lowest BCUT2D eigenvalue weighted by Gasteiger charge is -2.04. The van der Waals surface area contributed by atoms with E-state index >= 15 is 0 Å². The van der Waals surface area contributed by atoms with Crippen LogP contribution in [0.15, 0.2) is 47.0 Å². The molecule has 4 rings (SSSR count). The average Bonchev–Trinajstić information content (AvgIpc) is 3.43. The molecule has 1 unspecified atom stereocenters. The van der Waals surface area contributed by atoms with Gasteiger partial charge in [0.05, 0.1) is 18.8 Å². The molecule has 2 heterocycles. The molecular formula is C23H28N2O4. The van der Waals surface area contributed by atoms with E-state index in [4.69, 9.17) is 15.0 Å². The van der Waals surface area contributed by atoms with Gasteiger partial charge >= 0.3 is 0 Å². The minimum atomic E-state index is -0.219. The molecule has 1 saturated heterocycles. The fraction of sp³-hybridized carbons (Fsp3) is 0.391. The molecule has 154 valence electrons. The topological polar surface area (TPSA) is 98.6 Å². The summed E-state index contributed by atoms with van der Waals surface area (Å²) in [5, 5.41) is 15.4. The first-order valence-corrected chi connectivity index (χ1v) is 10.0. The van der Waals surface area contributed by atoms with Crippen LogP contribution >= 0.6 is 0 Å². The lowest BCUT2D eigenvalue weighted by atomic mass is 10.0. The molecule has 1 aromatic heterocycles. The molecule has 0 bridgehead atoms. The summed E-state index contributed by atoms with van der Waals surface area (Å²) in [6, 6.07) is 14.7. The molecule has 0 radical (unpaired) electrons. The van der Waals surface area contributed by atoms with Gasteiger partial charge in [-0.15, -0.1) is 0 Å². The first-order valence-electron chi connectivity index (χ1n) is 10.0. The summed E-state index contributed by atoms with van der Waals surface area (Å²) < 4.78 is 10.2. The fourth-order valence-electron chi connectivity index (χ4n) is 3.43. The zero-order valence-electron chi connectivity index (χ0n) is 16.5. The van der Waals surface area contributed by atoms with Gasteiger partial charge in [0, 0.05) is 13.0 Å². The predicted octanol–water partition coefficient (Wildman–Crippen LogP) is 3.29. The second-order valence-corrected chi connectivity index (χ2v) is 7.25. The number of benzene rings is 2. The number of nitrogens with zero attached hydrogens (tertiary/aromatic N) is 1. The third-order valence-corrected chi connectivity index (χ3v) is 5.21. The molecule has 1 atom stereocenters. The zero-order valence-corrected chi connectivity index (χ0v) is 16.5. The number of carbonyl (C=O) groups is 1. The standard InChI is InChI=1S/C18H17NO3.C5H11NO/c20-11-16-17(12-21)19-22-18(16)7-3-4-13-8-9-14-5-1-2-6-15(14)10-13;6-3-5-1-2-7-4-5/h1-2,5-6,8-10,12,20H,3-4,7,11H2;5H,1-4,6H2. The quantitative estimate of drug-likeness (QED) is 0.595. The number of aryl methyl sites for hydroxylation is 2. The highest BCUT2D eigenvalue weighted by molar-refractivity contribution is 5.83. The van der Waals surface area contributed by atoms with Gasteiger partial charge in [0.1, 0.15) is 5.76 Å². The third-order valence-electron chi connectivity index (χ3n) is 5.21. The highest BCUT2D eigenvalue weighted by atomic mass is 16.5. The normalized spacial score (nSPS) is 15.9. The Labute approximate surface area is 170 Å². The van der Waals surface area contributed by atoms with Crippen LogP contribution in [0.1, 0.15) is 40.2 Å². The number of hydrogen-bond acceptors (Lipinski definition) is 6. The van der Waals surface area contributed by atoms with Crippen LogP contribution in [0.2, 0.25) is 0 Å². The highest BCUT2D eigenvalue weighted by Crippen LogP contribution is 2.19. The zero-order chi connectivity index (χ0) is 20.5. The smallest absolute Gasteiger partial charge is 0.172 e. The molecule has 0 aliphatic carbocycles. The van der Waals surface area contributed by atoms with Crippen molar-refractivity contribution in [2.45, 2.75) is 32.3 Å². The Hall–Kier alpha value is -2.54. The minimum Gasteiger partial charge on any atom is -0.391 e. The molecule has 1 aliphatic heterocycles. The van der Waals surface area contributed by atoms with Crippen molar-refractivity contribution in [3.05, 3.63) is 65.0 Å². The molecule has 3 aromatic rings. The van der Waals surface area contributed by atoms with Crippen molar-refractivity contribution in [1.82, 2.24) is 5.16 Å². The van der Waals surface area contributed by atoms with E-state index in [0.717, 1.165) is 39.0 Å². The first-order chi connectivity index (χ1) is 14.2. The Kier molecular flexibility index (Phi) is 7.93. The number of rotatable bonds is 7. The maximum absolute atomic E-state index is 10.8. The Morgan fingerprint density at radius 2 is 2.00 bits per heavy atom. The van der Waals surface area contributed by atoms with Crippen molar-refractivity contribution in [3.63, 3.8) is 0 Å². The van der Waals surface area contributed by atoms with Crippen LogP contribution in [0.4, 0.5) is 0 Å². The predicted molar refractivity (Wildman–Crippen MR) is 112 cm³/mol. The summed E-state index contributed by atoms with van der Waals surface area (Å²) in [7, 11) is 0. The van der Waals surface area contributed by atoms with Gasteiger partial charge in [0.2, 0.25) is 0 Å². The number of fused-ring (bicyclic) bond motifs is 1. The number of hydrogen-bond donors (Lipinski definition) is 2. The molecular weight excluding hydrogens is 368 g/mol. The number of aromatic nitrogens is 1. The van der Waals surface area contributed by atoms with Crippen molar-refractivity contribution in [2.24, 2.45) is 11.7 Å². The van der Waals surface area contributed by atoms with Crippen LogP contribution in [0.5, 0.6) is 0 Å². The number of aldehydes is 1. The monoisotopic (exact) mass is 396 g/mol. The summed E-state index contributed by atoms with van der Waals surface area (Å²) in [5.41, 5.74) is 7.32. The SMILES string of the molecule is NCC1CCOC1.O=Cc1noc(CCCc2ccc3ccccc3c2)c1CO. The third kappa shape index (κ3) is 5.73. The van der Waals surface area contributed by atoms with Crippen molar-refractivity contribution in [2.75, 3.05) is 19.8 Å². The second kappa shape index (κ2) is 10.9. The summed E-state index contributed by atoms with van der Waals surface area (Å²) in [6.45, 7) is 2.38. The summed E-state index contributed by atoms with van der Waals surface area (Å²) >= 11 is 0. The van der Waals surface area contributed by atoms with Gasteiger partial charge in [-0.3, -0.25) is 4.79 Å². The van der Waals surface area contributed by atoms with E-state index in [1.165, 1.54) is 16.3 Å². The highest BCUT2D eigenvalue weighted by Gasteiger charge is 2.14. The Morgan fingerprint density at radius 3 is 2.66 bits per heavy atom. The molecule has 3 N–H and O–H groups in total. The van der Waals surface area contributed by atoms with E-state index in [2.05, 4.69) is 35.5 Å². The molecule has 0 amide bonds. The average molecular weight is 396 g/mol. The Bertz CT molecular complexity index is 916. The minimum absolute atomic E-state index is 0.197. The maximum atomic E-state index is 10.8. The van der Waals surface area contributed by atoms with Gasteiger partial charge in [-0.05, 0) is 48.1 Å². The van der Waals surface area contributed by atoms with Gasteiger partial charge in [-0.2, -0.15) is 0 Å². The van der Waals surface area contributed by atoms with E-state index in [1.807, 2.05) is 12.1 Å². The lowest BCUT2D eigenvalue weighted by molar-refractivity contribution is 0.111. The molecule has 0 spiro atoms. The van der Waals surface area contributed by atoms with E-state index in [-0.39, 0.29) is 12.3 Å². The van der Waals surface area contributed by atoms with Crippen LogP contribution in [0.3, 0.4) is 0 Å². The molecule has 0 saturated carbocycles. The van der Waals surface area contributed by atoms with E-state index in [1.54, 1.807) is 0 Å². The molecule has 6 heteroatoms. The van der Waals surface area contributed by atoms with Gasteiger partial charge in [0.15, 0.2) is 12.0 Å².